The molecule has 1 aliphatic rings. The van der Waals surface area contributed by atoms with Gasteiger partial charge in [0.15, 0.2) is 5.84 Å². The molecule has 0 aliphatic heterocycles. The normalized spacial score (nSPS) is 22.8. The summed E-state index contributed by atoms with van der Waals surface area (Å²) in [6, 6.07) is 6.78. The van der Waals surface area contributed by atoms with Crippen LogP contribution in [0.25, 0.3) is 0 Å². The lowest BCUT2D eigenvalue weighted by molar-refractivity contribution is 0.0915. The van der Waals surface area contributed by atoms with Gasteiger partial charge in [-0.3, -0.25) is 4.79 Å². The highest BCUT2D eigenvalue weighted by molar-refractivity contribution is 5.99. The number of rotatable bonds is 4. The van der Waals surface area contributed by atoms with Crippen molar-refractivity contribution in [3.63, 3.8) is 0 Å². The number of hydrogen-bond acceptors (Lipinski definition) is 4. The highest BCUT2D eigenvalue weighted by Gasteiger charge is 2.25. The van der Waals surface area contributed by atoms with Crippen LogP contribution in [0.4, 0.5) is 0 Å². The van der Waals surface area contributed by atoms with E-state index in [2.05, 4.69) is 10.5 Å². The summed E-state index contributed by atoms with van der Waals surface area (Å²) in [5.41, 5.74) is 6.60. The molecule has 0 bridgehead atoms. The topological polar surface area (TPSA) is 96.9 Å². The summed E-state index contributed by atoms with van der Waals surface area (Å²) < 4.78 is 5.28. The van der Waals surface area contributed by atoms with Crippen LogP contribution in [0.15, 0.2) is 29.4 Å². The number of oxime groups is 1. The average molecular weight is 277 g/mol. The summed E-state index contributed by atoms with van der Waals surface area (Å²) in [6.45, 7) is 0. The Bertz CT molecular complexity index is 499. The highest BCUT2D eigenvalue weighted by atomic mass is 16.5. The zero-order valence-corrected chi connectivity index (χ0v) is 11.4. The van der Waals surface area contributed by atoms with Crippen LogP contribution in [0.3, 0.4) is 0 Å². The van der Waals surface area contributed by atoms with Crippen LogP contribution in [0.2, 0.25) is 0 Å². The number of carbonyl (C=O) groups excluding carboxylic acids is 1. The van der Waals surface area contributed by atoms with Crippen molar-refractivity contribution in [1.29, 1.82) is 0 Å². The van der Waals surface area contributed by atoms with Crippen molar-refractivity contribution in [1.82, 2.24) is 5.32 Å². The van der Waals surface area contributed by atoms with E-state index >= 15 is 0 Å². The van der Waals surface area contributed by atoms with E-state index in [0.29, 0.717) is 11.1 Å². The maximum Gasteiger partial charge on any atom is 0.251 e. The van der Waals surface area contributed by atoms with Crippen LogP contribution in [0, 0.1) is 0 Å². The first-order chi connectivity index (χ1) is 9.63. The van der Waals surface area contributed by atoms with Gasteiger partial charge in [-0.25, -0.2) is 0 Å². The van der Waals surface area contributed by atoms with Gasteiger partial charge in [-0.1, -0.05) is 17.3 Å². The molecule has 6 nitrogen and oxygen atoms in total. The largest absolute Gasteiger partial charge is 0.409 e. The summed E-state index contributed by atoms with van der Waals surface area (Å²) in [4.78, 5) is 12.1. The van der Waals surface area contributed by atoms with Crippen LogP contribution >= 0.6 is 0 Å². The third-order valence-electron chi connectivity index (χ3n) is 3.60. The van der Waals surface area contributed by atoms with E-state index in [0.717, 1.165) is 19.3 Å². The van der Waals surface area contributed by atoms with Gasteiger partial charge in [0.25, 0.3) is 5.91 Å². The van der Waals surface area contributed by atoms with Crippen molar-refractivity contribution in [2.45, 2.75) is 31.4 Å². The van der Waals surface area contributed by atoms with Crippen molar-refractivity contribution in [3.05, 3.63) is 35.4 Å². The monoisotopic (exact) mass is 277 g/mol. The van der Waals surface area contributed by atoms with Gasteiger partial charge in [0.1, 0.15) is 0 Å². The molecule has 20 heavy (non-hydrogen) atoms. The van der Waals surface area contributed by atoms with Crippen molar-refractivity contribution in [2.75, 3.05) is 7.11 Å². The molecule has 1 aromatic carbocycles. The first-order valence-corrected chi connectivity index (χ1v) is 6.55. The fourth-order valence-electron chi connectivity index (χ4n) is 2.40. The Morgan fingerprint density at radius 1 is 1.35 bits per heavy atom. The summed E-state index contributed by atoms with van der Waals surface area (Å²) in [5.74, 6) is -0.0894. The highest BCUT2D eigenvalue weighted by Crippen LogP contribution is 2.21. The van der Waals surface area contributed by atoms with E-state index < -0.39 is 0 Å². The minimum atomic E-state index is -0.113. The molecule has 0 radical (unpaired) electrons. The quantitative estimate of drug-likeness (QED) is 0.332. The molecule has 1 aromatic rings. The lowest BCUT2D eigenvalue weighted by Gasteiger charge is -2.13. The second-order valence-corrected chi connectivity index (χ2v) is 4.90. The van der Waals surface area contributed by atoms with Gasteiger partial charge in [-0.15, -0.1) is 0 Å². The number of nitrogens with one attached hydrogen (secondary N) is 1. The van der Waals surface area contributed by atoms with Crippen molar-refractivity contribution < 1.29 is 14.7 Å². The van der Waals surface area contributed by atoms with E-state index in [-0.39, 0.29) is 23.9 Å². The van der Waals surface area contributed by atoms with Gasteiger partial charge in [-0.05, 0) is 31.4 Å². The zero-order chi connectivity index (χ0) is 14.5. The van der Waals surface area contributed by atoms with Gasteiger partial charge < -0.3 is 21.0 Å². The molecule has 2 unspecified atom stereocenters. The second-order valence-electron chi connectivity index (χ2n) is 4.90. The summed E-state index contributed by atoms with van der Waals surface area (Å²) in [6.07, 6.45) is 3.00. The average Bonchev–Trinajstić information content (AvgIpc) is 2.94. The number of benzene rings is 1. The molecular weight excluding hydrogens is 258 g/mol. The molecule has 2 rings (SSSR count). The van der Waals surface area contributed by atoms with Crippen molar-refractivity contribution in [2.24, 2.45) is 10.9 Å². The Kier molecular flexibility index (Phi) is 4.57. The molecule has 1 fully saturated rings. The molecule has 108 valence electrons. The van der Waals surface area contributed by atoms with Crippen LogP contribution in [0.5, 0.6) is 0 Å². The standard InChI is InChI=1S/C14H19N3O3/c1-20-12-7-6-11(8-12)16-14(18)10-4-2-9(3-5-10)13(15)17-19/h2-5,11-12,19H,6-8H2,1H3,(H2,15,17)(H,16,18). The fraction of sp³-hybridized carbons (Fsp3) is 0.429. The van der Waals surface area contributed by atoms with Gasteiger partial charge in [-0.2, -0.15) is 0 Å². The molecule has 6 heteroatoms. The van der Waals surface area contributed by atoms with Gasteiger partial charge in [0.05, 0.1) is 6.10 Å². The summed E-state index contributed by atoms with van der Waals surface area (Å²) in [7, 11) is 1.70. The van der Waals surface area contributed by atoms with E-state index in [4.69, 9.17) is 15.7 Å². The lowest BCUT2D eigenvalue weighted by atomic mass is 10.1. The van der Waals surface area contributed by atoms with Crippen LogP contribution in [-0.4, -0.2) is 36.2 Å². The molecule has 2 atom stereocenters. The molecule has 1 amide bonds. The molecule has 1 aliphatic carbocycles. The SMILES string of the molecule is COC1CCC(NC(=O)c2ccc(/C(N)=N/O)cc2)C1. The van der Waals surface area contributed by atoms with Gasteiger partial charge in [0.2, 0.25) is 0 Å². The lowest BCUT2D eigenvalue weighted by Crippen LogP contribution is -2.33. The third-order valence-corrected chi connectivity index (χ3v) is 3.60. The van der Waals surface area contributed by atoms with Crippen molar-refractivity contribution >= 4 is 11.7 Å². The minimum absolute atomic E-state index is 0.0238. The number of methoxy groups -OCH3 is 1. The summed E-state index contributed by atoms with van der Waals surface area (Å²) >= 11 is 0. The number of carbonyl (C=O) groups is 1. The smallest absolute Gasteiger partial charge is 0.251 e. The van der Waals surface area contributed by atoms with E-state index in [1.165, 1.54) is 0 Å². The van der Waals surface area contributed by atoms with Gasteiger partial charge in [0, 0.05) is 24.3 Å². The minimum Gasteiger partial charge on any atom is -0.409 e. The van der Waals surface area contributed by atoms with E-state index in [1.807, 2.05) is 0 Å². The molecular formula is C14H19N3O3. The van der Waals surface area contributed by atoms with Gasteiger partial charge >= 0.3 is 0 Å². The molecule has 0 aromatic heterocycles. The Labute approximate surface area is 117 Å². The van der Waals surface area contributed by atoms with Crippen LogP contribution in [0.1, 0.15) is 35.2 Å². The number of amides is 1. The number of hydrogen-bond donors (Lipinski definition) is 3. The first-order valence-electron chi connectivity index (χ1n) is 6.55. The third kappa shape index (κ3) is 3.27. The number of nitrogens with two attached hydrogens (primary N) is 1. The zero-order valence-electron chi connectivity index (χ0n) is 11.4. The predicted molar refractivity (Wildman–Crippen MR) is 74.9 cm³/mol. The predicted octanol–water partition coefficient (Wildman–Crippen LogP) is 1.08. The molecule has 0 heterocycles. The number of amidine groups is 1. The van der Waals surface area contributed by atoms with Crippen LogP contribution in [-0.2, 0) is 4.74 Å². The maximum absolute atomic E-state index is 12.1. The maximum atomic E-state index is 12.1. The molecule has 4 N–H and O–H groups in total. The molecule has 0 spiro atoms. The Morgan fingerprint density at radius 2 is 2.00 bits per heavy atom. The number of nitrogens with zero attached hydrogens (tertiary/aromatic N) is 1. The number of ether oxygens (including phenoxy) is 1. The van der Waals surface area contributed by atoms with E-state index in [9.17, 15) is 4.79 Å². The second kappa shape index (κ2) is 6.38. The molecule has 1 saturated carbocycles. The van der Waals surface area contributed by atoms with Crippen LogP contribution < -0.4 is 11.1 Å². The van der Waals surface area contributed by atoms with E-state index in [1.54, 1.807) is 31.4 Å². The van der Waals surface area contributed by atoms with Crippen molar-refractivity contribution in [3.8, 4) is 0 Å². The summed E-state index contributed by atoms with van der Waals surface area (Å²) in [5, 5.41) is 14.5. The first kappa shape index (κ1) is 14.3. The molecule has 0 saturated heterocycles. The Hall–Kier alpha value is -2.08. The Balaban J connectivity index is 1.96. The fourth-order valence-corrected chi connectivity index (χ4v) is 2.40. The Morgan fingerprint density at radius 3 is 2.55 bits per heavy atom.